The maximum absolute atomic E-state index is 12.2. The van der Waals surface area contributed by atoms with Crippen molar-refractivity contribution in [3.8, 4) is 23.0 Å². The topological polar surface area (TPSA) is 41.9 Å². The molecule has 6 heteroatoms. The number of phenols is 1. The lowest BCUT2D eigenvalue weighted by Crippen LogP contribution is -2.53. The summed E-state index contributed by atoms with van der Waals surface area (Å²) in [6, 6.07) is 12.7. The number of likely N-dealkylation sites (tertiary alicyclic amines) is 1. The van der Waals surface area contributed by atoms with Gasteiger partial charge in [0.2, 0.25) is 0 Å². The average Bonchev–Trinajstić information content (AvgIpc) is 3.00. The molecule has 1 radical (unpaired) electrons. The van der Waals surface area contributed by atoms with Crippen LogP contribution in [0.15, 0.2) is 42.5 Å². The Kier molecular flexibility index (Phi) is 4.95. The van der Waals surface area contributed by atoms with E-state index < -0.39 is 0 Å². The molecule has 4 nitrogen and oxygen atoms in total. The molecule has 0 atom stereocenters. The number of hydrogen-bond donors (Lipinski definition) is 1. The second-order valence-electron chi connectivity index (χ2n) is 6.33. The van der Waals surface area contributed by atoms with Gasteiger partial charge in [-0.25, -0.2) is 0 Å². The smallest absolute Gasteiger partial charge is 0.154 e. The SMILES string of the molecule is Oc1ccc2c(Oc3ccc(OC4CN(CCCF)C4)cc3)[c]sc2c1. The Balaban J connectivity index is 1.34. The first-order valence-corrected chi connectivity index (χ1v) is 9.39. The number of thiophene rings is 1. The summed E-state index contributed by atoms with van der Waals surface area (Å²) in [4.78, 5) is 2.19. The zero-order valence-corrected chi connectivity index (χ0v) is 15.0. The third-order valence-corrected chi connectivity index (χ3v) is 5.19. The van der Waals surface area contributed by atoms with Crippen molar-refractivity contribution >= 4 is 21.4 Å². The minimum absolute atomic E-state index is 0.170. The van der Waals surface area contributed by atoms with Crippen molar-refractivity contribution in [1.82, 2.24) is 4.90 Å². The molecule has 2 aromatic carbocycles. The summed E-state index contributed by atoms with van der Waals surface area (Å²) in [6.07, 6.45) is 0.760. The van der Waals surface area contributed by atoms with Crippen molar-refractivity contribution in [2.24, 2.45) is 0 Å². The van der Waals surface area contributed by atoms with Crippen molar-refractivity contribution in [3.05, 3.63) is 47.8 Å². The van der Waals surface area contributed by atoms with Crippen LogP contribution in [0.25, 0.3) is 10.1 Å². The molecule has 1 saturated heterocycles. The molecule has 1 aliphatic heterocycles. The van der Waals surface area contributed by atoms with Crippen LogP contribution < -0.4 is 9.47 Å². The monoisotopic (exact) mass is 372 g/mol. The summed E-state index contributed by atoms with van der Waals surface area (Å²) in [6.45, 7) is 2.23. The number of benzene rings is 2. The number of fused-ring (bicyclic) bond motifs is 1. The van der Waals surface area contributed by atoms with Gasteiger partial charge in [-0.05, 0) is 48.9 Å². The van der Waals surface area contributed by atoms with Crippen LogP contribution >= 0.6 is 11.3 Å². The van der Waals surface area contributed by atoms with Crippen LogP contribution in [-0.4, -0.2) is 42.4 Å². The molecule has 135 valence electrons. The fraction of sp³-hybridized carbons (Fsp3) is 0.300. The molecule has 0 unspecified atom stereocenters. The van der Waals surface area contributed by atoms with E-state index in [1.54, 1.807) is 12.1 Å². The molecule has 26 heavy (non-hydrogen) atoms. The molecule has 2 heterocycles. The summed E-state index contributed by atoms with van der Waals surface area (Å²) >= 11 is 1.41. The fourth-order valence-corrected chi connectivity index (χ4v) is 3.78. The number of rotatable bonds is 7. The molecule has 1 fully saturated rings. The van der Waals surface area contributed by atoms with Gasteiger partial charge in [-0.3, -0.25) is 9.29 Å². The van der Waals surface area contributed by atoms with Gasteiger partial charge in [0.1, 0.15) is 23.4 Å². The number of alkyl halides is 1. The third-order valence-electron chi connectivity index (χ3n) is 4.34. The van der Waals surface area contributed by atoms with Gasteiger partial charge >= 0.3 is 0 Å². The van der Waals surface area contributed by atoms with E-state index in [-0.39, 0.29) is 18.5 Å². The van der Waals surface area contributed by atoms with Gasteiger partial charge in [-0.1, -0.05) is 0 Å². The molecule has 0 spiro atoms. The van der Waals surface area contributed by atoms with Crippen LogP contribution in [0.2, 0.25) is 0 Å². The Morgan fingerprint density at radius 1 is 1.15 bits per heavy atom. The zero-order valence-electron chi connectivity index (χ0n) is 14.2. The summed E-state index contributed by atoms with van der Waals surface area (Å²) in [5.74, 6) is 2.40. The van der Waals surface area contributed by atoms with Crippen molar-refractivity contribution in [3.63, 3.8) is 0 Å². The largest absolute Gasteiger partial charge is 0.508 e. The number of hydrogen-bond acceptors (Lipinski definition) is 5. The first-order chi connectivity index (χ1) is 12.7. The quantitative estimate of drug-likeness (QED) is 0.657. The Hall–Kier alpha value is -2.31. The number of halogens is 1. The summed E-state index contributed by atoms with van der Waals surface area (Å²) in [7, 11) is 0. The summed E-state index contributed by atoms with van der Waals surface area (Å²) in [5.41, 5.74) is 0. The lowest BCUT2D eigenvalue weighted by Gasteiger charge is -2.38. The fourth-order valence-electron chi connectivity index (χ4n) is 2.97. The maximum Gasteiger partial charge on any atom is 0.154 e. The Labute approximate surface area is 155 Å². The molecular weight excluding hydrogens is 353 g/mol. The van der Waals surface area contributed by atoms with E-state index in [1.165, 1.54) is 11.3 Å². The van der Waals surface area contributed by atoms with Crippen LogP contribution in [-0.2, 0) is 0 Å². The average molecular weight is 372 g/mol. The van der Waals surface area contributed by atoms with Gasteiger partial charge in [-0.2, -0.15) is 0 Å². The van der Waals surface area contributed by atoms with Crippen LogP contribution in [0.5, 0.6) is 23.0 Å². The molecular formula is C20H19FNO3S. The number of aromatic hydroxyl groups is 1. The minimum atomic E-state index is -0.262. The second-order valence-corrected chi connectivity index (χ2v) is 7.18. The predicted octanol–water partition coefficient (Wildman–Crippen LogP) is 4.62. The molecule has 0 saturated carbocycles. The molecule has 4 rings (SSSR count). The van der Waals surface area contributed by atoms with E-state index >= 15 is 0 Å². The van der Waals surface area contributed by atoms with E-state index in [2.05, 4.69) is 10.3 Å². The molecule has 1 aliphatic rings. The van der Waals surface area contributed by atoms with Crippen molar-refractivity contribution in [2.75, 3.05) is 26.3 Å². The number of nitrogens with zero attached hydrogens (tertiary/aromatic N) is 1. The number of phenolic OH excluding ortho intramolecular Hbond substituents is 1. The van der Waals surface area contributed by atoms with Gasteiger partial charge in [0, 0.05) is 29.7 Å². The normalized spacial score (nSPS) is 15.1. The Bertz CT molecular complexity index is 874. The van der Waals surface area contributed by atoms with Crippen molar-refractivity contribution in [1.29, 1.82) is 0 Å². The predicted molar refractivity (Wildman–Crippen MR) is 100 cm³/mol. The van der Waals surface area contributed by atoms with E-state index in [9.17, 15) is 9.50 Å². The highest BCUT2D eigenvalue weighted by Gasteiger charge is 2.27. The first kappa shape index (κ1) is 17.1. The first-order valence-electron chi connectivity index (χ1n) is 8.57. The van der Waals surface area contributed by atoms with E-state index in [4.69, 9.17) is 9.47 Å². The lowest BCUT2D eigenvalue weighted by molar-refractivity contribution is 0.0184. The van der Waals surface area contributed by atoms with Gasteiger partial charge in [0.15, 0.2) is 5.75 Å². The summed E-state index contributed by atoms with van der Waals surface area (Å²) in [5, 5.41) is 13.6. The van der Waals surface area contributed by atoms with Crippen molar-refractivity contribution in [2.45, 2.75) is 12.5 Å². The van der Waals surface area contributed by atoms with Gasteiger partial charge in [0.25, 0.3) is 0 Å². The molecule has 0 aliphatic carbocycles. The highest BCUT2D eigenvalue weighted by atomic mass is 32.1. The van der Waals surface area contributed by atoms with E-state index in [1.807, 2.05) is 30.3 Å². The van der Waals surface area contributed by atoms with Crippen molar-refractivity contribution < 1.29 is 19.0 Å². The number of ether oxygens (including phenoxy) is 2. The standard InChI is InChI=1S/C20H19FNO3S/c21-8-1-9-22-11-17(12-22)24-15-3-5-16(6-4-15)25-19-13-26-20-10-14(23)2-7-18(19)20/h2-7,10,17,23H,1,8-9,11-12H2. The van der Waals surface area contributed by atoms with Crippen LogP contribution in [0.4, 0.5) is 4.39 Å². The third kappa shape index (κ3) is 3.76. The second kappa shape index (κ2) is 7.51. The molecule has 1 aromatic heterocycles. The minimum Gasteiger partial charge on any atom is -0.508 e. The van der Waals surface area contributed by atoms with Crippen LogP contribution in [0, 0.1) is 5.38 Å². The summed E-state index contributed by atoms with van der Waals surface area (Å²) < 4.78 is 24.9. The van der Waals surface area contributed by atoms with Gasteiger partial charge in [0.05, 0.1) is 12.1 Å². The van der Waals surface area contributed by atoms with Crippen LogP contribution in [0.1, 0.15) is 6.42 Å². The highest BCUT2D eigenvalue weighted by molar-refractivity contribution is 7.17. The lowest BCUT2D eigenvalue weighted by atomic mass is 10.1. The van der Waals surface area contributed by atoms with E-state index in [0.717, 1.165) is 35.5 Å². The molecule has 0 amide bonds. The molecule has 3 aromatic rings. The van der Waals surface area contributed by atoms with Gasteiger partial charge in [-0.15, -0.1) is 11.3 Å². The Morgan fingerprint density at radius 3 is 2.69 bits per heavy atom. The van der Waals surface area contributed by atoms with E-state index in [0.29, 0.717) is 17.9 Å². The Morgan fingerprint density at radius 2 is 1.92 bits per heavy atom. The van der Waals surface area contributed by atoms with Gasteiger partial charge < -0.3 is 14.6 Å². The maximum atomic E-state index is 12.2. The highest BCUT2D eigenvalue weighted by Crippen LogP contribution is 2.36. The zero-order chi connectivity index (χ0) is 17.9. The van der Waals surface area contributed by atoms with Crippen LogP contribution in [0.3, 0.4) is 0 Å². The molecule has 0 bridgehead atoms. The molecule has 1 N–H and O–H groups in total.